The third kappa shape index (κ3) is 9.23. The molecule has 2 rings (SSSR count). The van der Waals surface area contributed by atoms with E-state index in [1.165, 1.54) is 43.3 Å². The van der Waals surface area contributed by atoms with Gasteiger partial charge in [-0.25, -0.2) is 4.98 Å². The monoisotopic (exact) mass is 520 g/mol. The van der Waals surface area contributed by atoms with Crippen LogP contribution in [0.4, 0.5) is 0 Å². The number of nitrogens with two attached hydrogens (primary N) is 1. The number of carbonyl (C=O) groups excluding carboxylic acids is 3. The summed E-state index contributed by atoms with van der Waals surface area (Å²) < 4.78 is 0. The molecule has 196 valence electrons. The third-order valence-electron chi connectivity index (χ3n) is 5.31. The van der Waals surface area contributed by atoms with Gasteiger partial charge in [-0.3, -0.25) is 19.2 Å². The SMILES string of the molecule is CSCCC(NC(=O)C(N)Cc1ccc(O)cc1)C(=O)NC(Cc1cnc[nH]1)C(=O)NC(C)C(=O)O. The van der Waals surface area contributed by atoms with Crippen LogP contribution in [-0.4, -0.2) is 80.0 Å². The largest absolute Gasteiger partial charge is 0.508 e. The van der Waals surface area contributed by atoms with Crippen LogP contribution >= 0.6 is 11.8 Å². The Kier molecular flexibility index (Phi) is 11.2. The number of H-pyrrole nitrogens is 1. The molecule has 0 fully saturated rings. The Bertz CT molecular complexity index is 1020. The number of phenolic OH excluding ortho intramolecular Hbond substituents is 1. The predicted molar refractivity (Wildman–Crippen MR) is 134 cm³/mol. The molecule has 0 bridgehead atoms. The number of carboxylic acid groups (broad SMARTS) is 1. The molecule has 8 N–H and O–H groups in total. The maximum atomic E-state index is 13.1. The zero-order valence-corrected chi connectivity index (χ0v) is 20.9. The lowest BCUT2D eigenvalue weighted by Gasteiger charge is -2.24. The summed E-state index contributed by atoms with van der Waals surface area (Å²) in [6.45, 7) is 1.31. The van der Waals surface area contributed by atoms with Crippen molar-refractivity contribution in [3.8, 4) is 5.75 Å². The van der Waals surface area contributed by atoms with Crippen molar-refractivity contribution in [2.75, 3.05) is 12.0 Å². The number of hydrogen-bond donors (Lipinski definition) is 7. The van der Waals surface area contributed by atoms with Gasteiger partial charge in [0, 0.05) is 18.3 Å². The minimum Gasteiger partial charge on any atom is -0.508 e. The van der Waals surface area contributed by atoms with Crippen molar-refractivity contribution in [1.82, 2.24) is 25.9 Å². The molecule has 0 spiro atoms. The van der Waals surface area contributed by atoms with E-state index < -0.39 is 47.9 Å². The van der Waals surface area contributed by atoms with Gasteiger partial charge in [-0.15, -0.1) is 0 Å². The average Bonchev–Trinajstić information content (AvgIpc) is 3.35. The quantitative estimate of drug-likeness (QED) is 0.172. The van der Waals surface area contributed by atoms with Crippen molar-refractivity contribution in [3.63, 3.8) is 0 Å². The van der Waals surface area contributed by atoms with Gasteiger partial charge in [-0.05, 0) is 49.5 Å². The lowest BCUT2D eigenvalue weighted by molar-refractivity contribution is -0.141. The summed E-state index contributed by atoms with van der Waals surface area (Å²) in [4.78, 5) is 56.6. The smallest absolute Gasteiger partial charge is 0.325 e. The lowest BCUT2D eigenvalue weighted by atomic mass is 10.0. The molecular weight excluding hydrogens is 488 g/mol. The summed E-state index contributed by atoms with van der Waals surface area (Å²) in [5, 5.41) is 26.2. The number of phenols is 1. The number of aromatic amines is 1. The Morgan fingerprint density at radius 3 is 2.25 bits per heavy atom. The Morgan fingerprint density at radius 1 is 1.03 bits per heavy atom. The number of nitrogens with zero attached hydrogens (tertiary/aromatic N) is 1. The van der Waals surface area contributed by atoms with Gasteiger partial charge in [0.2, 0.25) is 17.7 Å². The Hall–Kier alpha value is -3.58. The summed E-state index contributed by atoms with van der Waals surface area (Å²) in [5.74, 6) is -2.40. The van der Waals surface area contributed by atoms with E-state index in [0.29, 0.717) is 11.4 Å². The fourth-order valence-electron chi connectivity index (χ4n) is 3.24. The van der Waals surface area contributed by atoms with Crippen molar-refractivity contribution >= 4 is 35.5 Å². The molecule has 1 aromatic carbocycles. The Morgan fingerprint density at radius 2 is 1.67 bits per heavy atom. The van der Waals surface area contributed by atoms with Gasteiger partial charge in [0.1, 0.15) is 23.9 Å². The zero-order valence-electron chi connectivity index (χ0n) is 20.1. The normalized spacial score (nSPS) is 14.2. The fraction of sp³-hybridized carbons (Fsp3) is 0.435. The number of nitrogens with one attached hydrogen (secondary N) is 4. The van der Waals surface area contributed by atoms with E-state index in [-0.39, 0.29) is 25.0 Å². The molecule has 0 saturated heterocycles. The highest BCUT2D eigenvalue weighted by Gasteiger charge is 2.29. The van der Waals surface area contributed by atoms with Crippen molar-refractivity contribution < 1.29 is 29.4 Å². The van der Waals surface area contributed by atoms with Gasteiger partial charge < -0.3 is 36.9 Å². The summed E-state index contributed by atoms with van der Waals surface area (Å²) in [6.07, 6.45) is 5.28. The number of aromatic nitrogens is 2. The van der Waals surface area contributed by atoms with Gasteiger partial charge in [-0.2, -0.15) is 11.8 Å². The first-order valence-corrected chi connectivity index (χ1v) is 12.6. The Balaban J connectivity index is 2.10. The summed E-state index contributed by atoms with van der Waals surface area (Å²) in [6, 6.07) is 2.09. The number of thioether (sulfide) groups is 1. The molecular formula is C23H32N6O6S. The van der Waals surface area contributed by atoms with E-state index in [1.54, 1.807) is 12.1 Å². The molecule has 13 heteroatoms. The van der Waals surface area contributed by atoms with Gasteiger partial charge in [0.25, 0.3) is 0 Å². The molecule has 4 unspecified atom stereocenters. The number of hydrogen-bond acceptors (Lipinski definition) is 8. The van der Waals surface area contributed by atoms with Gasteiger partial charge in [-0.1, -0.05) is 12.1 Å². The van der Waals surface area contributed by atoms with Crippen LogP contribution in [0.25, 0.3) is 0 Å². The maximum Gasteiger partial charge on any atom is 0.325 e. The van der Waals surface area contributed by atoms with Crippen LogP contribution in [0.2, 0.25) is 0 Å². The molecule has 12 nitrogen and oxygen atoms in total. The summed E-state index contributed by atoms with van der Waals surface area (Å²) in [7, 11) is 0. The molecule has 0 aliphatic heterocycles. The minimum absolute atomic E-state index is 0.0352. The van der Waals surface area contributed by atoms with Crippen molar-refractivity contribution in [1.29, 1.82) is 0 Å². The van der Waals surface area contributed by atoms with Crippen LogP contribution in [0.5, 0.6) is 5.75 Å². The second kappa shape index (κ2) is 14.1. The number of rotatable bonds is 14. The van der Waals surface area contributed by atoms with Crippen LogP contribution in [0.15, 0.2) is 36.8 Å². The minimum atomic E-state index is -1.22. The van der Waals surface area contributed by atoms with Crippen LogP contribution in [0.3, 0.4) is 0 Å². The third-order valence-corrected chi connectivity index (χ3v) is 5.96. The Labute approximate surface area is 212 Å². The predicted octanol–water partition coefficient (Wildman–Crippen LogP) is -0.460. The number of imidazole rings is 1. The van der Waals surface area contributed by atoms with E-state index in [1.807, 2.05) is 6.26 Å². The van der Waals surface area contributed by atoms with Crippen LogP contribution in [0.1, 0.15) is 24.6 Å². The zero-order chi connectivity index (χ0) is 26.7. The molecule has 1 aromatic heterocycles. The highest BCUT2D eigenvalue weighted by Crippen LogP contribution is 2.11. The fourth-order valence-corrected chi connectivity index (χ4v) is 3.71. The first kappa shape index (κ1) is 28.7. The summed E-state index contributed by atoms with van der Waals surface area (Å²) in [5.41, 5.74) is 7.34. The number of aromatic hydroxyl groups is 1. The first-order chi connectivity index (χ1) is 17.1. The molecule has 3 amide bonds. The number of benzene rings is 1. The average molecular weight is 521 g/mol. The van der Waals surface area contributed by atoms with E-state index in [9.17, 15) is 24.3 Å². The maximum absolute atomic E-state index is 13.1. The molecule has 0 radical (unpaired) electrons. The van der Waals surface area contributed by atoms with Gasteiger partial charge in [0.15, 0.2) is 0 Å². The number of carboxylic acids is 1. The molecule has 0 aliphatic rings. The van der Waals surface area contributed by atoms with Crippen LogP contribution in [-0.2, 0) is 32.0 Å². The lowest BCUT2D eigenvalue weighted by Crippen LogP contribution is -2.57. The van der Waals surface area contributed by atoms with Crippen molar-refractivity contribution in [3.05, 3.63) is 48.0 Å². The standard InChI is InChI=1S/C23H32N6O6S/c1-13(23(34)35)27-22(33)19(10-15-11-25-12-26-15)29-21(32)18(7-8-36-2)28-20(31)17(24)9-14-3-5-16(30)6-4-14/h3-6,11-13,17-19,30H,7-10,24H2,1-2H3,(H,25,26)(H,27,33)(H,28,31)(H,29,32)(H,34,35). The molecule has 2 aromatic rings. The van der Waals surface area contributed by atoms with Crippen LogP contribution in [0, 0.1) is 0 Å². The van der Waals surface area contributed by atoms with Crippen molar-refractivity contribution in [2.45, 2.75) is 50.4 Å². The van der Waals surface area contributed by atoms with E-state index in [0.717, 1.165) is 5.56 Å². The van der Waals surface area contributed by atoms with Crippen molar-refractivity contribution in [2.24, 2.45) is 5.73 Å². The molecule has 36 heavy (non-hydrogen) atoms. The van der Waals surface area contributed by atoms with Gasteiger partial charge in [0.05, 0.1) is 12.4 Å². The first-order valence-electron chi connectivity index (χ1n) is 11.2. The number of carbonyl (C=O) groups is 4. The van der Waals surface area contributed by atoms with E-state index in [4.69, 9.17) is 10.8 Å². The van der Waals surface area contributed by atoms with E-state index >= 15 is 0 Å². The highest BCUT2D eigenvalue weighted by molar-refractivity contribution is 7.98. The molecule has 4 atom stereocenters. The van der Waals surface area contributed by atoms with Crippen LogP contribution < -0.4 is 21.7 Å². The number of aliphatic carboxylic acids is 1. The molecule has 0 saturated carbocycles. The second-order valence-corrected chi connectivity index (χ2v) is 9.22. The molecule has 1 heterocycles. The second-order valence-electron chi connectivity index (χ2n) is 8.23. The highest BCUT2D eigenvalue weighted by atomic mass is 32.2. The molecule has 0 aliphatic carbocycles. The topological polar surface area (TPSA) is 200 Å². The number of amides is 3. The summed E-state index contributed by atoms with van der Waals surface area (Å²) >= 11 is 1.48. The van der Waals surface area contributed by atoms with Gasteiger partial charge >= 0.3 is 5.97 Å². The van der Waals surface area contributed by atoms with E-state index in [2.05, 4.69) is 25.9 Å².